The van der Waals surface area contributed by atoms with Crippen molar-refractivity contribution in [3.8, 4) is 11.3 Å². The Morgan fingerprint density at radius 3 is 2.32 bits per heavy atom. The number of fused-ring (bicyclic) bond motifs is 1. The average molecular weight is 442 g/mol. The minimum absolute atomic E-state index is 0. The molecule has 0 fully saturated rings. The number of anilines is 1. The molecule has 0 saturated heterocycles. The molecule has 1 heterocycles. The fourth-order valence-electron chi connectivity index (χ4n) is 3.18. The van der Waals surface area contributed by atoms with Gasteiger partial charge in [-0.25, -0.2) is 0 Å². The third-order valence-electron chi connectivity index (χ3n) is 4.64. The Balaban J connectivity index is 0.00000272. The zero-order valence-electron chi connectivity index (χ0n) is 16.0. The molecule has 9 heteroatoms. The number of aromatic nitrogens is 1. The number of benzene rings is 3. The second-order valence-electron chi connectivity index (χ2n) is 6.80. The van der Waals surface area contributed by atoms with Crippen LogP contribution in [0.4, 0.5) is 17.1 Å². The first kappa shape index (κ1) is 23.1. The molecular weight excluding hydrogens is 423 g/mol. The number of pyridine rings is 1. The molecule has 0 aliphatic rings. The van der Waals surface area contributed by atoms with Crippen molar-refractivity contribution in [3.63, 3.8) is 0 Å². The summed E-state index contributed by atoms with van der Waals surface area (Å²) < 4.78 is 33.2. The van der Waals surface area contributed by atoms with Crippen LogP contribution in [0.3, 0.4) is 0 Å². The van der Waals surface area contributed by atoms with Crippen LogP contribution in [0.2, 0.25) is 0 Å². The van der Waals surface area contributed by atoms with Gasteiger partial charge in [0.25, 0.3) is 10.1 Å². The van der Waals surface area contributed by atoms with Gasteiger partial charge < -0.3 is 5.73 Å². The first-order valence-corrected chi connectivity index (χ1v) is 10.5. The van der Waals surface area contributed by atoms with Gasteiger partial charge in [0.1, 0.15) is 16.3 Å². The second kappa shape index (κ2) is 9.25. The van der Waals surface area contributed by atoms with Crippen molar-refractivity contribution in [3.05, 3.63) is 78.5 Å². The van der Waals surface area contributed by atoms with Gasteiger partial charge >= 0.3 is 29.6 Å². The Kier molecular flexibility index (Phi) is 6.88. The van der Waals surface area contributed by atoms with Crippen molar-refractivity contribution in [2.24, 2.45) is 10.2 Å². The molecule has 7 nitrogen and oxygen atoms in total. The zero-order valence-corrected chi connectivity index (χ0v) is 16.8. The number of nitrogens with two attached hydrogens (primary N) is 1. The van der Waals surface area contributed by atoms with Crippen LogP contribution in [0.5, 0.6) is 0 Å². The maximum absolute atomic E-state index is 11.8. The van der Waals surface area contributed by atoms with E-state index in [1.165, 1.54) is 6.07 Å². The molecule has 0 saturated carbocycles. The van der Waals surface area contributed by atoms with Crippen molar-refractivity contribution in [2.75, 3.05) is 5.73 Å². The summed E-state index contributed by atoms with van der Waals surface area (Å²) in [5.74, 6) is 0. The molecule has 0 amide bonds. The molecule has 0 aliphatic carbocycles. The number of azo groups is 1. The monoisotopic (exact) mass is 442 g/mol. The number of hydrogen-bond donors (Lipinski definition) is 2. The molecule has 0 bridgehead atoms. The number of nitrogens with zero attached hydrogens (tertiary/aromatic N) is 3. The summed E-state index contributed by atoms with van der Waals surface area (Å²) in [5, 5.41) is 9.01. The van der Waals surface area contributed by atoms with Gasteiger partial charge in [-0.1, -0.05) is 48.0 Å². The first-order valence-electron chi connectivity index (χ1n) is 9.06. The van der Waals surface area contributed by atoms with Crippen LogP contribution in [0.25, 0.3) is 22.0 Å². The molecule has 1 aromatic heterocycles. The molecule has 3 aromatic carbocycles. The fourth-order valence-corrected chi connectivity index (χ4v) is 3.90. The predicted molar refractivity (Wildman–Crippen MR) is 124 cm³/mol. The zero-order chi connectivity index (χ0) is 21.3. The van der Waals surface area contributed by atoms with E-state index < -0.39 is 10.1 Å². The quantitative estimate of drug-likeness (QED) is 0.204. The molecule has 0 radical (unpaired) electrons. The molecule has 4 aromatic rings. The van der Waals surface area contributed by atoms with Crippen molar-refractivity contribution < 1.29 is 13.0 Å². The van der Waals surface area contributed by atoms with E-state index in [1.807, 2.05) is 37.3 Å². The summed E-state index contributed by atoms with van der Waals surface area (Å²) in [6.07, 6.45) is 1.57. The first-order chi connectivity index (χ1) is 14.3. The van der Waals surface area contributed by atoms with Crippen molar-refractivity contribution in [1.29, 1.82) is 0 Å². The minimum atomic E-state index is -4.46. The molecule has 31 heavy (non-hydrogen) atoms. The van der Waals surface area contributed by atoms with Crippen LogP contribution in [0.15, 0.2) is 88.1 Å². The van der Waals surface area contributed by atoms with E-state index in [9.17, 15) is 13.0 Å². The van der Waals surface area contributed by atoms with Gasteiger partial charge in [0.2, 0.25) is 0 Å². The van der Waals surface area contributed by atoms with E-state index >= 15 is 0 Å². The molecular formula is C22H19N4NaO3S. The third-order valence-corrected chi connectivity index (χ3v) is 5.53. The van der Waals surface area contributed by atoms with E-state index in [0.29, 0.717) is 16.5 Å². The van der Waals surface area contributed by atoms with Crippen LogP contribution >= 0.6 is 0 Å². The molecule has 4 rings (SSSR count). The van der Waals surface area contributed by atoms with Gasteiger partial charge in [-0.05, 0) is 31.2 Å². The molecule has 0 spiro atoms. The molecule has 0 aliphatic heterocycles. The van der Waals surface area contributed by atoms with Crippen LogP contribution < -0.4 is 5.73 Å². The third kappa shape index (κ3) is 5.00. The standard InChI is InChI=1S/C22H18N4O3S.Na.H/c1-14-5-4-6-15(11-14)19-10-9-16(13-24-19)25-26-20-12-21(30(27,28)29)17-7-2-3-8-18(17)22(20)23;;/h2-13H,23H2,1H3,(H,27,28,29);;. The van der Waals surface area contributed by atoms with Crippen molar-refractivity contribution in [1.82, 2.24) is 4.98 Å². The number of rotatable bonds is 4. The molecule has 3 N–H and O–H groups in total. The van der Waals surface area contributed by atoms with Crippen LogP contribution in [0, 0.1) is 6.92 Å². The van der Waals surface area contributed by atoms with Gasteiger partial charge in [-0.2, -0.15) is 8.42 Å². The van der Waals surface area contributed by atoms with E-state index in [4.69, 9.17) is 5.73 Å². The van der Waals surface area contributed by atoms with E-state index in [2.05, 4.69) is 15.2 Å². The molecule has 0 atom stereocenters. The van der Waals surface area contributed by atoms with E-state index in [1.54, 1.807) is 36.5 Å². The summed E-state index contributed by atoms with van der Waals surface area (Å²) in [6, 6.07) is 19.4. The van der Waals surface area contributed by atoms with Crippen molar-refractivity contribution in [2.45, 2.75) is 11.8 Å². The second-order valence-corrected chi connectivity index (χ2v) is 8.19. The van der Waals surface area contributed by atoms with E-state index in [-0.39, 0.29) is 45.8 Å². The maximum atomic E-state index is 11.8. The van der Waals surface area contributed by atoms with Gasteiger partial charge in [0.05, 0.1) is 17.6 Å². The van der Waals surface area contributed by atoms with Crippen molar-refractivity contribution >= 4 is 67.5 Å². The SMILES string of the molecule is Cc1cccc(-c2ccc(N=Nc3cc(S(=O)(=O)O)c4ccccc4c3N)cn2)c1.[NaH]. The molecule has 0 unspecified atom stereocenters. The van der Waals surface area contributed by atoms with Gasteiger partial charge in [0.15, 0.2) is 0 Å². The average Bonchev–Trinajstić information content (AvgIpc) is 2.73. The summed E-state index contributed by atoms with van der Waals surface area (Å²) in [5.41, 5.74) is 9.99. The summed E-state index contributed by atoms with van der Waals surface area (Å²) in [4.78, 5) is 4.14. The normalized spacial score (nSPS) is 11.5. The van der Waals surface area contributed by atoms with Crippen LogP contribution in [0.1, 0.15) is 5.56 Å². The number of hydrogen-bond acceptors (Lipinski definition) is 6. The summed E-state index contributed by atoms with van der Waals surface area (Å²) in [7, 11) is -4.46. The number of aryl methyl sites for hydroxylation is 1. The Morgan fingerprint density at radius 1 is 0.935 bits per heavy atom. The Bertz CT molecular complexity index is 1390. The predicted octanol–water partition coefficient (Wildman–Crippen LogP) is 4.81. The Hall–Kier alpha value is -2.62. The van der Waals surface area contributed by atoms with Crippen LogP contribution in [-0.2, 0) is 10.1 Å². The Morgan fingerprint density at radius 2 is 1.68 bits per heavy atom. The van der Waals surface area contributed by atoms with Crippen LogP contribution in [-0.4, -0.2) is 47.5 Å². The Labute approximate surface area is 202 Å². The van der Waals surface area contributed by atoms with Gasteiger partial charge in [-0.15, -0.1) is 10.2 Å². The molecule has 152 valence electrons. The van der Waals surface area contributed by atoms with Gasteiger partial charge in [-0.3, -0.25) is 9.54 Å². The number of nitrogen functional groups attached to an aromatic ring is 1. The summed E-state index contributed by atoms with van der Waals surface area (Å²) in [6.45, 7) is 2.01. The van der Waals surface area contributed by atoms with Gasteiger partial charge in [0, 0.05) is 16.3 Å². The fraction of sp³-hybridized carbons (Fsp3) is 0.0455. The summed E-state index contributed by atoms with van der Waals surface area (Å²) >= 11 is 0. The topological polar surface area (TPSA) is 118 Å². The van der Waals surface area contributed by atoms with E-state index in [0.717, 1.165) is 16.8 Å².